The highest BCUT2D eigenvalue weighted by Crippen LogP contribution is 2.29. The number of hydrogen-bond acceptors (Lipinski definition) is 7. The first kappa shape index (κ1) is 22.3. The van der Waals surface area contributed by atoms with Gasteiger partial charge < -0.3 is 9.84 Å². The summed E-state index contributed by atoms with van der Waals surface area (Å²) in [7, 11) is -3.71. The molecule has 1 aromatic heterocycles. The Morgan fingerprint density at radius 3 is 2.77 bits per heavy atom. The molecule has 1 aliphatic carbocycles. The van der Waals surface area contributed by atoms with E-state index in [9.17, 15) is 17.9 Å². The molecule has 0 spiro atoms. The summed E-state index contributed by atoms with van der Waals surface area (Å²) >= 11 is 1.18. The Hall–Kier alpha value is -1.95. The fourth-order valence-corrected chi connectivity index (χ4v) is 5.53. The normalized spacial score (nSPS) is 21.6. The molecule has 0 bridgehead atoms. The number of nitrogens with one attached hydrogen (secondary N) is 1. The van der Waals surface area contributed by atoms with Crippen LogP contribution < -0.4 is 9.46 Å². The topological polar surface area (TPSA) is 105 Å². The molecule has 0 unspecified atom stereocenters. The molecule has 2 N–H and O–H groups in total. The van der Waals surface area contributed by atoms with E-state index in [4.69, 9.17) is 4.74 Å². The molecule has 0 amide bonds. The first-order valence-electron chi connectivity index (χ1n) is 10.2. The molecule has 2 heterocycles. The lowest BCUT2D eigenvalue weighted by molar-refractivity contribution is 0.0569. The summed E-state index contributed by atoms with van der Waals surface area (Å²) in [6, 6.07) is 6.59. The maximum Gasteiger partial charge on any atom is 0.302 e. The largest absolute Gasteiger partial charge is 0.471 e. The number of aromatic nitrogens is 2. The number of hydrogen-bond donors (Lipinski definition) is 2. The van der Waals surface area contributed by atoms with Crippen molar-refractivity contribution in [1.82, 2.24) is 14.3 Å². The number of benzene rings is 1. The molecule has 11 heteroatoms. The maximum absolute atomic E-state index is 14.3. The predicted octanol–water partition coefficient (Wildman–Crippen LogP) is 2.87. The quantitative estimate of drug-likeness (QED) is 0.453. The van der Waals surface area contributed by atoms with Crippen molar-refractivity contribution in [2.24, 2.45) is 0 Å². The summed E-state index contributed by atoms with van der Waals surface area (Å²) in [4.78, 5) is 8.65. The molecule has 1 saturated heterocycles. The van der Waals surface area contributed by atoms with E-state index in [1.807, 2.05) is 0 Å². The van der Waals surface area contributed by atoms with Gasteiger partial charge in [0.25, 0.3) is 0 Å². The Morgan fingerprint density at radius 1 is 1.29 bits per heavy atom. The average molecular weight is 469 g/mol. The van der Waals surface area contributed by atoms with Crippen LogP contribution in [-0.4, -0.2) is 53.1 Å². The van der Waals surface area contributed by atoms with Gasteiger partial charge in [0.05, 0.1) is 6.10 Å². The van der Waals surface area contributed by atoms with Crippen LogP contribution in [0.25, 0.3) is 0 Å². The summed E-state index contributed by atoms with van der Waals surface area (Å²) in [5.41, 5.74) is 1.06. The Labute approximate surface area is 185 Å². The zero-order valence-corrected chi connectivity index (χ0v) is 18.8. The number of ether oxygens (including phenoxy) is 1. The predicted molar refractivity (Wildman–Crippen MR) is 116 cm³/mol. The standard InChI is InChI=1S/C20H25FN4O4S2/c1-13-5-2-6-14(19(13)21)12-30-20-22-17(24-31(27,28)25-9-4-10-25)11-18(23-20)29-16-8-3-7-15(16)26/h2,5-6,11,15-16,26H,3-4,7-10,12H2,1H3,(H,22,23,24)/t15-,16-/m0/s1. The fourth-order valence-electron chi connectivity index (χ4n) is 3.47. The van der Waals surface area contributed by atoms with Crippen molar-refractivity contribution in [1.29, 1.82) is 0 Å². The van der Waals surface area contributed by atoms with Crippen LogP contribution in [0.4, 0.5) is 10.2 Å². The lowest BCUT2D eigenvalue weighted by Crippen LogP contribution is -2.45. The number of anilines is 1. The minimum Gasteiger partial charge on any atom is -0.471 e. The molecule has 2 aromatic rings. The van der Waals surface area contributed by atoms with Crippen molar-refractivity contribution in [3.05, 3.63) is 41.2 Å². The zero-order chi connectivity index (χ0) is 22.0. The van der Waals surface area contributed by atoms with Gasteiger partial charge >= 0.3 is 10.2 Å². The van der Waals surface area contributed by atoms with Crippen LogP contribution >= 0.6 is 11.8 Å². The van der Waals surface area contributed by atoms with Crippen LogP contribution in [0.1, 0.15) is 36.8 Å². The van der Waals surface area contributed by atoms with Crippen LogP contribution in [0.5, 0.6) is 5.88 Å². The highest BCUT2D eigenvalue weighted by Gasteiger charge is 2.30. The molecular weight excluding hydrogens is 443 g/mol. The second-order valence-corrected chi connectivity index (χ2v) is 10.3. The molecule has 1 aliphatic heterocycles. The number of aliphatic hydroxyl groups excluding tert-OH is 1. The highest BCUT2D eigenvalue weighted by molar-refractivity contribution is 7.98. The molecule has 2 atom stereocenters. The van der Waals surface area contributed by atoms with Gasteiger partial charge in [-0.05, 0) is 43.7 Å². The van der Waals surface area contributed by atoms with Crippen LogP contribution in [0.3, 0.4) is 0 Å². The van der Waals surface area contributed by atoms with E-state index in [-0.39, 0.29) is 28.4 Å². The van der Waals surface area contributed by atoms with E-state index >= 15 is 0 Å². The maximum atomic E-state index is 14.3. The van der Waals surface area contributed by atoms with Crippen LogP contribution in [-0.2, 0) is 16.0 Å². The van der Waals surface area contributed by atoms with E-state index in [2.05, 4.69) is 14.7 Å². The third-order valence-corrected chi connectivity index (χ3v) is 7.80. The van der Waals surface area contributed by atoms with E-state index in [1.165, 1.54) is 22.1 Å². The van der Waals surface area contributed by atoms with E-state index in [0.29, 0.717) is 37.1 Å². The first-order chi connectivity index (χ1) is 14.8. The number of aliphatic hydroxyl groups is 1. The van der Waals surface area contributed by atoms with Gasteiger partial charge in [0, 0.05) is 24.9 Å². The Balaban J connectivity index is 1.56. The van der Waals surface area contributed by atoms with Crippen molar-refractivity contribution in [3.63, 3.8) is 0 Å². The number of thioether (sulfide) groups is 1. The molecule has 1 saturated carbocycles. The van der Waals surface area contributed by atoms with Crippen LogP contribution in [0.2, 0.25) is 0 Å². The summed E-state index contributed by atoms with van der Waals surface area (Å²) in [6.45, 7) is 2.63. The van der Waals surface area contributed by atoms with Gasteiger partial charge in [0.1, 0.15) is 17.7 Å². The van der Waals surface area contributed by atoms with Gasteiger partial charge in [-0.3, -0.25) is 4.72 Å². The number of halogens is 1. The minimum atomic E-state index is -3.71. The average Bonchev–Trinajstić information content (AvgIpc) is 3.05. The first-order valence-corrected chi connectivity index (χ1v) is 12.6. The minimum absolute atomic E-state index is 0.0802. The summed E-state index contributed by atoms with van der Waals surface area (Å²) in [5, 5.41) is 10.3. The Bertz CT molecular complexity index is 1050. The van der Waals surface area contributed by atoms with Gasteiger partial charge in [-0.2, -0.15) is 17.7 Å². The number of nitrogens with zero attached hydrogens (tertiary/aromatic N) is 3. The van der Waals surface area contributed by atoms with Crippen molar-refractivity contribution >= 4 is 27.8 Å². The van der Waals surface area contributed by atoms with Gasteiger partial charge in [0.2, 0.25) is 5.88 Å². The molecule has 4 rings (SSSR count). The fraction of sp³-hybridized carbons (Fsp3) is 0.500. The third-order valence-electron chi connectivity index (χ3n) is 5.39. The molecule has 2 fully saturated rings. The van der Waals surface area contributed by atoms with Gasteiger partial charge in [-0.15, -0.1) is 0 Å². The number of aryl methyl sites for hydroxylation is 1. The highest BCUT2D eigenvalue weighted by atomic mass is 32.2. The summed E-state index contributed by atoms with van der Waals surface area (Å²) in [6.07, 6.45) is 2.02. The second kappa shape index (κ2) is 9.27. The molecule has 2 aliphatic rings. The monoisotopic (exact) mass is 468 g/mol. The third kappa shape index (κ3) is 5.28. The van der Waals surface area contributed by atoms with Crippen molar-refractivity contribution in [3.8, 4) is 5.88 Å². The van der Waals surface area contributed by atoms with Crippen molar-refractivity contribution in [2.45, 2.75) is 55.7 Å². The Kier molecular flexibility index (Phi) is 6.65. The molecule has 31 heavy (non-hydrogen) atoms. The van der Waals surface area contributed by atoms with Crippen molar-refractivity contribution < 1.29 is 22.7 Å². The molecule has 168 valence electrons. The number of rotatable bonds is 8. The van der Waals surface area contributed by atoms with E-state index < -0.39 is 22.4 Å². The van der Waals surface area contributed by atoms with Crippen LogP contribution in [0, 0.1) is 12.7 Å². The van der Waals surface area contributed by atoms with Gasteiger partial charge in [-0.1, -0.05) is 30.0 Å². The second-order valence-electron chi connectivity index (χ2n) is 7.72. The summed E-state index contributed by atoms with van der Waals surface area (Å²) < 4.78 is 48.9. The molecular formula is C20H25FN4O4S2. The molecule has 8 nitrogen and oxygen atoms in total. The van der Waals surface area contributed by atoms with Crippen molar-refractivity contribution in [2.75, 3.05) is 17.8 Å². The smallest absolute Gasteiger partial charge is 0.302 e. The lowest BCUT2D eigenvalue weighted by Gasteiger charge is -2.29. The SMILES string of the molecule is Cc1cccc(CSc2nc(NS(=O)(=O)N3CCC3)cc(O[C@H]3CCC[C@@H]3O)n2)c1F. The zero-order valence-electron chi connectivity index (χ0n) is 17.1. The molecule has 1 aromatic carbocycles. The van der Waals surface area contributed by atoms with E-state index in [0.717, 1.165) is 12.8 Å². The lowest BCUT2D eigenvalue weighted by atomic mass is 10.1. The van der Waals surface area contributed by atoms with Crippen LogP contribution in [0.15, 0.2) is 29.4 Å². The van der Waals surface area contributed by atoms with Gasteiger partial charge in [-0.25, -0.2) is 9.37 Å². The Morgan fingerprint density at radius 2 is 2.10 bits per heavy atom. The van der Waals surface area contributed by atoms with E-state index in [1.54, 1.807) is 25.1 Å². The summed E-state index contributed by atoms with van der Waals surface area (Å²) in [5.74, 6) is 0.252. The van der Waals surface area contributed by atoms with Gasteiger partial charge in [0.15, 0.2) is 5.16 Å². The molecule has 0 radical (unpaired) electrons.